The molecule has 3 aromatic rings. The van der Waals surface area contributed by atoms with E-state index in [0.717, 1.165) is 35.4 Å². The largest absolute Gasteiger partial charge is 0.479 e. The fourth-order valence-corrected chi connectivity index (χ4v) is 2.93. The Morgan fingerprint density at radius 2 is 1.79 bits per heavy atom. The zero-order chi connectivity index (χ0) is 24.0. The van der Waals surface area contributed by atoms with Crippen LogP contribution in [0.3, 0.4) is 0 Å². The molecule has 9 heteroatoms. The average Bonchev–Trinajstić information content (AvgIpc) is 3.25. The van der Waals surface area contributed by atoms with Crippen LogP contribution < -0.4 is 0 Å². The molecule has 1 atom stereocenters. The summed E-state index contributed by atoms with van der Waals surface area (Å²) in [4.78, 5) is 27.5. The van der Waals surface area contributed by atoms with Gasteiger partial charge in [0.1, 0.15) is 0 Å². The molecule has 1 heterocycles. The smallest absolute Gasteiger partial charge is 0.416 e. The number of allylic oxidation sites excluding steroid dienone is 1. The molecule has 0 amide bonds. The number of aliphatic carboxylic acids is 1. The van der Waals surface area contributed by atoms with Gasteiger partial charge in [0, 0.05) is 24.5 Å². The molecule has 1 aromatic heterocycles. The summed E-state index contributed by atoms with van der Waals surface area (Å²) in [6, 6.07) is 11.4. The van der Waals surface area contributed by atoms with E-state index in [0.29, 0.717) is 6.54 Å². The van der Waals surface area contributed by atoms with Gasteiger partial charge in [0.2, 0.25) is 5.78 Å². The lowest BCUT2D eigenvalue weighted by Crippen LogP contribution is -2.19. The predicted octanol–water partition coefficient (Wildman–Crippen LogP) is 4.84. The second-order valence-corrected chi connectivity index (χ2v) is 7.24. The van der Waals surface area contributed by atoms with Crippen LogP contribution in [0.15, 0.2) is 67.0 Å². The van der Waals surface area contributed by atoms with Gasteiger partial charge in [-0.05, 0) is 30.2 Å². The summed E-state index contributed by atoms with van der Waals surface area (Å²) in [5.74, 6) is -1.37. The van der Waals surface area contributed by atoms with Crippen LogP contribution >= 0.6 is 0 Å². The van der Waals surface area contributed by atoms with Crippen LogP contribution in [0, 0.1) is 0 Å². The van der Waals surface area contributed by atoms with Crippen molar-refractivity contribution in [2.24, 2.45) is 0 Å². The molecule has 0 unspecified atom stereocenters. The van der Waals surface area contributed by atoms with Gasteiger partial charge in [-0.3, -0.25) is 4.79 Å². The molecule has 2 aromatic carbocycles. The Morgan fingerprint density at radius 3 is 2.39 bits per heavy atom. The summed E-state index contributed by atoms with van der Waals surface area (Å²) in [7, 11) is 0. The number of hydrogen-bond acceptors (Lipinski definition) is 4. The molecule has 1 N–H and O–H groups in total. The molecule has 0 saturated carbocycles. The zero-order valence-corrected chi connectivity index (χ0v) is 17.6. The highest BCUT2D eigenvalue weighted by molar-refractivity contribution is 6.06. The van der Waals surface area contributed by atoms with Crippen LogP contribution in [0.1, 0.15) is 39.8 Å². The number of carbonyl (C=O) groups excluding carboxylic acids is 1. The third kappa shape index (κ3) is 6.39. The standard InChI is InChI=1S/C24H21F3N2O4/c1-16(23(31)32)33-15-18-6-4-17(5-7-18)3-2-13-29-14-12-28-22(29)21(30)19-8-10-20(11-9-19)24(25,26)27/h2-12,14,16H,13,15H2,1H3,(H,31,32)/b3-2+/t16-/m1/s1. The highest BCUT2D eigenvalue weighted by Crippen LogP contribution is 2.29. The van der Waals surface area contributed by atoms with E-state index in [9.17, 15) is 22.8 Å². The molecule has 3 rings (SSSR count). The number of nitrogens with zero attached hydrogens (tertiary/aromatic N) is 2. The average molecular weight is 458 g/mol. The van der Waals surface area contributed by atoms with E-state index in [1.54, 1.807) is 10.8 Å². The topological polar surface area (TPSA) is 81.4 Å². The monoisotopic (exact) mass is 458 g/mol. The minimum Gasteiger partial charge on any atom is -0.479 e. The van der Waals surface area contributed by atoms with Crippen molar-refractivity contribution >= 4 is 17.8 Å². The number of ketones is 1. The number of carboxylic acids is 1. The van der Waals surface area contributed by atoms with Gasteiger partial charge in [-0.15, -0.1) is 0 Å². The van der Waals surface area contributed by atoms with E-state index in [1.807, 2.05) is 36.4 Å². The fraction of sp³-hybridized carbons (Fsp3) is 0.208. The fourth-order valence-electron chi connectivity index (χ4n) is 2.93. The highest BCUT2D eigenvalue weighted by Gasteiger charge is 2.30. The summed E-state index contributed by atoms with van der Waals surface area (Å²) in [5.41, 5.74) is 1.02. The number of halogens is 3. The molecule has 0 radical (unpaired) electrons. The maximum Gasteiger partial charge on any atom is 0.416 e. The van der Waals surface area contributed by atoms with Crippen LogP contribution in [0.5, 0.6) is 0 Å². The Kier molecular flexibility index (Phi) is 7.44. The number of benzene rings is 2. The van der Waals surface area contributed by atoms with Crippen molar-refractivity contribution in [3.8, 4) is 0 Å². The van der Waals surface area contributed by atoms with Crippen LogP contribution in [0.25, 0.3) is 6.08 Å². The first-order chi connectivity index (χ1) is 15.6. The quantitative estimate of drug-likeness (QED) is 0.465. The van der Waals surface area contributed by atoms with Gasteiger partial charge in [0.05, 0.1) is 12.2 Å². The maximum absolute atomic E-state index is 12.7. The molecule has 6 nitrogen and oxygen atoms in total. The summed E-state index contributed by atoms with van der Waals surface area (Å²) in [5, 5.41) is 8.84. The molecule has 172 valence electrons. The number of imidazole rings is 1. The molecule has 0 fully saturated rings. The van der Waals surface area contributed by atoms with Crippen molar-refractivity contribution in [1.82, 2.24) is 9.55 Å². The van der Waals surface area contributed by atoms with Crippen molar-refractivity contribution in [3.63, 3.8) is 0 Å². The number of rotatable bonds is 9. The van der Waals surface area contributed by atoms with Crippen LogP contribution in [0.2, 0.25) is 0 Å². The minimum atomic E-state index is -4.47. The summed E-state index contributed by atoms with van der Waals surface area (Å²) in [6.07, 6.45) is 1.39. The maximum atomic E-state index is 12.7. The van der Waals surface area contributed by atoms with E-state index in [-0.39, 0.29) is 18.0 Å². The van der Waals surface area contributed by atoms with Crippen LogP contribution in [-0.4, -0.2) is 32.5 Å². The zero-order valence-electron chi connectivity index (χ0n) is 17.6. The third-order valence-electron chi connectivity index (χ3n) is 4.83. The number of hydrogen-bond donors (Lipinski definition) is 1. The van der Waals surface area contributed by atoms with Crippen LogP contribution in [0.4, 0.5) is 13.2 Å². The van der Waals surface area contributed by atoms with Gasteiger partial charge in [-0.1, -0.05) is 48.6 Å². The van der Waals surface area contributed by atoms with Gasteiger partial charge in [-0.25, -0.2) is 9.78 Å². The lowest BCUT2D eigenvalue weighted by atomic mass is 10.1. The van der Waals surface area contributed by atoms with E-state index < -0.39 is 29.6 Å². The highest BCUT2D eigenvalue weighted by atomic mass is 19.4. The van der Waals surface area contributed by atoms with E-state index in [1.165, 1.54) is 13.1 Å². The molecular formula is C24H21F3N2O4. The van der Waals surface area contributed by atoms with Gasteiger partial charge in [0.25, 0.3) is 0 Å². The molecule has 0 bridgehead atoms. The summed E-state index contributed by atoms with van der Waals surface area (Å²) >= 11 is 0. The molecule has 33 heavy (non-hydrogen) atoms. The lowest BCUT2D eigenvalue weighted by molar-refractivity contribution is -0.149. The van der Waals surface area contributed by atoms with Gasteiger partial charge in [-0.2, -0.15) is 13.2 Å². The molecule has 0 spiro atoms. The molecule has 0 saturated heterocycles. The first-order valence-electron chi connectivity index (χ1n) is 9.98. The molecule has 0 aliphatic heterocycles. The SMILES string of the molecule is C[C@@H](OCc1ccc(/C=C/Cn2ccnc2C(=O)c2ccc(C(F)(F)F)cc2)cc1)C(=O)O. The van der Waals surface area contributed by atoms with Gasteiger partial charge >= 0.3 is 12.1 Å². The second kappa shape index (κ2) is 10.3. The van der Waals surface area contributed by atoms with Crippen molar-refractivity contribution in [1.29, 1.82) is 0 Å². The third-order valence-corrected chi connectivity index (χ3v) is 4.83. The van der Waals surface area contributed by atoms with Gasteiger partial charge < -0.3 is 14.4 Å². The number of carboxylic acid groups (broad SMARTS) is 1. The van der Waals surface area contributed by atoms with Crippen molar-refractivity contribution in [3.05, 3.63) is 95.1 Å². The number of alkyl halides is 3. The van der Waals surface area contributed by atoms with Crippen molar-refractivity contribution in [2.45, 2.75) is 32.4 Å². The second-order valence-electron chi connectivity index (χ2n) is 7.24. The lowest BCUT2D eigenvalue weighted by Gasteiger charge is -2.08. The van der Waals surface area contributed by atoms with Crippen molar-refractivity contribution < 1.29 is 32.6 Å². The summed E-state index contributed by atoms with van der Waals surface area (Å²) < 4.78 is 45.0. The van der Waals surface area contributed by atoms with Crippen molar-refractivity contribution in [2.75, 3.05) is 0 Å². The molecular weight excluding hydrogens is 437 g/mol. The number of carbonyl (C=O) groups is 2. The molecule has 0 aliphatic rings. The first kappa shape index (κ1) is 23.9. The van der Waals surface area contributed by atoms with E-state index >= 15 is 0 Å². The number of aromatic nitrogens is 2. The predicted molar refractivity (Wildman–Crippen MR) is 114 cm³/mol. The van der Waals surface area contributed by atoms with E-state index in [4.69, 9.17) is 9.84 Å². The van der Waals surface area contributed by atoms with Gasteiger partial charge in [0.15, 0.2) is 11.9 Å². The Balaban J connectivity index is 1.61. The Labute approximate surface area is 188 Å². The minimum absolute atomic E-state index is 0.120. The Bertz CT molecular complexity index is 1130. The Morgan fingerprint density at radius 1 is 1.12 bits per heavy atom. The normalized spacial score (nSPS) is 12.7. The Hall–Kier alpha value is -3.72. The number of ether oxygens (including phenoxy) is 1. The van der Waals surface area contributed by atoms with Crippen LogP contribution in [-0.2, 0) is 28.9 Å². The first-order valence-corrected chi connectivity index (χ1v) is 9.98. The molecule has 0 aliphatic carbocycles. The summed E-state index contributed by atoms with van der Waals surface area (Å²) in [6.45, 7) is 1.98. The van der Waals surface area contributed by atoms with E-state index in [2.05, 4.69) is 4.98 Å².